The Kier molecular flexibility index (Phi) is 3.82. The van der Waals surface area contributed by atoms with Crippen molar-refractivity contribution in [2.45, 2.75) is 25.7 Å². The standard InChI is InChI=1S/C17H18N6O/c24-17(15-12-7-4-8-13(12)20-22-15)18-10-9-14-19-16(23-21-14)11-5-2-1-3-6-11/h1-3,5-6H,4,7-10H2,(H,18,24)(H,20,22)(H,19,21,23). The molecule has 1 aliphatic carbocycles. The molecular formula is C17H18N6O. The molecule has 122 valence electrons. The number of rotatable bonds is 5. The van der Waals surface area contributed by atoms with Crippen LogP contribution in [0.2, 0.25) is 0 Å². The molecule has 0 bridgehead atoms. The van der Waals surface area contributed by atoms with Gasteiger partial charge in [0.1, 0.15) is 5.82 Å². The zero-order valence-electron chi connectivity index (χ0n) is 13.2. The van der Waals surface area contributed by atoms with Crippen LogP contribution >= 0.6 is 0 Å². The highest BCUT2D eigenvalue weighted by Gasteiger charge is 2.22. The summed E-state index contributed by atoms with van der Waals surface area (Å²) < 4.78 is 0. The third-order valence-corrected chi connectivity index (χ3v) is 4.23. The van der Waals surface area contributed by atoms with Crippen molar-refractivity contribution in [3.8, 4) is 11.4 Å². The lowest BCUT2D eigenvalue weighted by molar-refractivity contribution is 0.0948. The fraction of sp³-hybridized carbons (Fsp3) is 0.294. The highest BCUT2D eigenvalue weighted by atomic mass is 16.1. The summed E-state index contributed by atoms with van der Waals surface area (Å²) in [7, 11) is 0. The minimum atomic E-state index is -0.128. The first kappa shape index (κ1) is 14.6. The Labute approximate surface area is 138 Å². The van der Waals surface area contributed by atoms with Crippen LogP contribution in [0.3, 0.4) is 0 Å². The Bertz CT molecular complexity index is 851. The van der Waals surface area contributed by atoms with Crippen LogP contribution < -0.4 is 5.32 Å². The summed E-state index contributed by atoms with van der Waals surface area (Å²) in [5.74, 6) is 1.29. The summed E-state index contributed by atoms with van der Waals surface area (Å²) in [6.45, 7) is 0.490. The number of hydrogen-bond donors (Lipinski definition) is 3. The molecule has 0 atom stereocenters. The van der Waals surface area contributed by atoms with Crippen molar-refractivity contribution < 1.29 is 4.79 Å². The van der Waals surface area contributed by atoms with Crippen molar-refractivity contribution in [1.29, 1.82) is 0 Å². The molecule has 1 amide bonds. The van der Waals surface area contributed by atoms with Gasteiger partial charge in [0.2, 0.25) is 0 Å². The van der Waals surface area contributed by atoms with Gasteiger partial charge in [-0.25, -0.2) is 4.98 Å². The summed E-state index contributed by atoms with van der Waals surface area (Å²) in [5.41, 5.74) is 3.67. The van der Waals surface area contributed by atoms with Crippen LogP contribution in [0.15, 0.2) is 30.3 Å². The highest BCUT2D eigenvalue weighted by Crippen LogP contribution is 2.22. The van der Waals surface area contributed by atoms with E-state index in [-0.39, 0.29) is 5.91 Å². The average molecular weight is 322 g/mol. The van der Waals surface area contributed by atoms with E-state index in [1.165, 1.54) is 0 Å². The minimum absolute atomic E-state index is 0.128. The summed E-state index contributed by atoms with van der Waals surface area (Å²) in [6.07, 6.45) is 3.59. The molecule has 3 aromatic rings. The molecule has 7 heteroatoms. The van der Waals surface area contributed by atoms with E-state index in [1.54, 1.807) is 0 Å². The van der Waals surface area contributed by atoms with Crippen molar-refractivity contribution in [2.75, 3.05) is 6.54 Å². The number of benzene rings is 1. The number of aryl methyl sites for hydroxylation is 1. The van der Waals surface area contributed by atoms with Crippen LogP contribution in [0, 0.1) is 0 Å². The number of carbonyl (C=O) groups excluding carboxylic acids is 1. The normalized spacial score (nSPS) is 13.0. The van der Waals surface area contributed by atoms with Crippen molar-refractivity contribution in [1.82, 2.24) is 30.7 Å². The van der Waals surface area contributed by atoms with E-state index < -0.39 is 0 Å². The van der Waals surface area contributed by atoms with Crippen LogP contribution in [0.5, 0.6) is 0 Å². The number of carbonyl (C=O) groups is 1. The van der Waals surface area contributed by atoms with Crippen molar-refractivity contribution in [3.63, 3.8) is 0 Å². The predicted octanol–water partition coefficient (Wildman–Crippen LogP) is 1.66. The monoisotopic (exact) mass is 322 g/mol. The van der Waals surface area contributed by atoms with Gasteiger partial charge in [0.25, 0.3) is 5.91 Å². The van der Waals surface area contributed by atoms with E-state index >= 15 is 0 Å². The van der Waals surface area contributed by atoms with Gasteiger partial charge in [-0.05, 0) is 19.3 Å². The molecule has 0 fully saturated rings. The van der Waals surface area contributed by atoms with E-state index in [0.29, 0.717) is 24.5 Å². The molecule has 4 rings (SSSR count). The lowest BCUT2D eigenvalue weighted by Gasteiger charge is -2.02. The van der Waals surface area contributed by atoms with Crippen LogP contribution in [-0.2, 0) is 19.3 Å². The van der Waals surface area contributed by atoms with Crippen LogP contribution in [0.4, 0.5) is 0 Å². The number of nitrogens with one attached hydrogen (secondary N) is 3. The quantitative estimate of drug-likeness (QED) is 0.665. The van der Waals surface area contributed by atoms with E-state index in [0.717, 1.165) is 41.9 Å². The van der Waals surface area contributed by atoms with Gasteiger partial charge in [0.05, 0.1) is 0 Å². The molecule has 0 aliphatic heterocycles. The molecule has 7 nitrogen and oxygen atoms in total. The molecule has 2 heterocycles. The fourth-order valence-electron chi connectivity index (χ4n) is 3.01. The van der Waals surface area contributed by atoms with E-state index in [2.05, 4.69) is 30.7 Å². The molecule has 1 aromatic carbocycles. The second-order valence-electron chi connectivity index (χ2n) is 5.86. The Morgan fingerprint density at radius 2 is 2.00 bits per heavy atom. The average Bonchev–Trinajstić information content (AvgIpc) is 3.32. The maximum atomic E-state index is 12.2. The van der Waals surface area contributed by atoms with Crippen LogP contribution in [0.25, 0.3) is 11.4 Å². The second kappa shape index (κ2) is 6.27. The number of fused-ring (bicyclic) bond motifs is 1. The lowest BCUT2D eigenvalue weighted by atomic mass is 10.2. The zero-order valence-corrected chi connectivity index (χ0v) is 13.2. The van der Waals surface area contributed by atoms with Crippen LogP contribution in [-0.4, -0.2) is 37.8 Å². The number of amides is 1. The third-order valence-electron chi connectivity index (χ3n) is 4.23. The molecule has 3 N–H and O–H groups in total. The number of nitrogens with zero attached hydrogens (tertiary/aromatic N) is 3. The molecule has 0 spiro atoms. The number of hydrogen-bond acceptors (Lipinski definition) is 4. The van der Waals surface area contributed by atoms with Crippen molar-refractivity contribution in [3.05, 3.63) is 53.1 Å². The predicted molar refractivity (Wildman–Crippen MR) is 88.5 cm³/mol. The van der Waals surface area contributed by atoms with Crippen molar-refractivity contribution >= 4 is 5.91 Å². The van der Waals surface area contributed by atoms with Crippen molar-refractivity contribution in [2.24, 2.45) is 0 Å². The SMILES string of the molecule is O=C(NCCc1nc(-c2ccccc2)n[nH]1)c1n[nH]c2c1CCC2. The first-order chi connectivity index (χ1) is 11.8. The van der Waals surface area contributed by atoms with Gasteiger partial charge >= 0.3 is 0 Å². The minimum Gasteiger partial charge on any atom is -0.350 e. The number of aromatic nitrogens is 5. The summed E-state index contributed by atoms with van der Waals surface area (Å²) >= 11 is 0. The molecule has 0 radical (unpaired) electrons. The Hall–Kier alpha value is -2.96. The summed E-state index contributed by atoms with van der Waals surface area (Å²) in [4.78, 5) is 16.7. The summed E-state index contributed by atoms with van der Waals surface area (Å²) in [5, 5.41) is 17.1. The Morgan fingerprint density at radius 1 is 1.12 bits per heavy atom. The second-order valence-corrected chi connectivity index (χ2v) is 5.86. The van der Waals surface area contributed by atoms with Gasteiger partial charge in [-0.15, -0.1) is 0 Å². The first-order valence-electron chi connectivity index (χ1n) is 8.12. The number of aromatic amines is 2. The molecular weight excluding hydrogens is 304 g/mol. The fourth-order valence-corrected chi connectivity index (χ4v) is 3.01. The van der Waals surface area contributed by atoms with Gasteiger partial charge in [-0.1, -0.05) is 30.3 Å². The van der Waals surface area contributed by atoms with Gasteiger partial charge in [-0.3, -0.25) is 15.0 Å². The highest BCUT2D eigenvalue weighted by molar-refractivity contribution is 5.94. The van der Waals surface area contributed by atoms with E-state index in [4.69, 9.17) is 0 Å². The molecule has 2 aromatic heterocycles. The third kappa shape index (κ3) is 2.80. The largest absolute Gasteiger partial charge is 0.350 e. The first-order valence-corrected chi connectivity index (χ1v) is 8.12. The maximum Gasteiger partial charge on any atom is 0.272 e. The van der Waals surface area contributed by atoms with Gasteiger partial charge in [-0.2, -0.15) is 10.2 Å². The Morgan fingerprint density at radius 3 is 2.88 bits per heavy atom. The topological polar surface area (TPSA) is 99.3 Å². The summed E-state index contributed by atoms with van der Waals surface area (Å²) in [6, 6.07) is 9.79. The molecule has 0 unspecified atom stereocenters. The zero-order chi connectivity index (χ0) is 16.4. The number of H-pyrrole nitrogens is 2. The van der Waals surface area contributed by atoms with E-state index in [1.807, 2.05) is 30.3 Å². The molecule has 0 saturated heterocycles. The van der Waals surface area contributed by atoms with E-state index in [9.17, 15) is 4.79 Å². The molecule has 1 aliphatic rings. The Balaban J connectivity index is 1.34. The van der Waals surface area contributed by atoms with Crippen LogP contribution in [0.1, 0.15) is 34.0 Å². The van der Waals surface area contributed by atoms with Gasteiger partial charge in [0.15, 0.2) is 11.5 Å². The van der Waals surface area contributed by atoms with Gasteiger partial charge in [0, 0.05) is 29.8 Å². The molecule has 0 saturated carbocycles. The smallest absolute Gasteiger partial charge is 0.272 e. The van der Waals surface area contributed by atoms with Gasteiger partial charge < -0.3 is 5.32 Å². The lowest BCUT2D eigenvalue weighted by Crippen LogP contribution is -2.27. The molecule has 24 heavy (non-hydrogen) atoms. The maximum absolute atomic E-state index is 12.2.